The van der Waals surface area contributed by atoms with Crippen LogP contribution in [-0.4, -0.2) is 16.5 Å². The number of hydrogen-bond acceptors (Lipinski definition) is 3. The van der Waals surface area contributed by atoms with Gasteiger partial charge in [-0.15, -0.1) is 0 Å². The topological polar surface area (TPSA) is 51.8 Å². The van der Waals surface area contributed by atoms with Gasteiger partial charge >= 0.3 is 0 Å². The van der Waals surface area contributed by atoms with Crippen molar-refractivity contribution in [2.45, 2.75) is 58.8 Å². The van der Waals surface area contributed by atoms with Gasteiger partial charge in [0.25, 0.3) is 0 Å². The quantitative estimate of drug-likeness (QED) is 0.876. The van der Waals surface area contributed by atoms with Gasteiger partial charge in [0.05, 0.1) is 0 Å². The van der Waals surface area contributed by atoms with Gasteiger partial charge in [0.1, 0.15) is 5.82 Å². The highest BCUT2D eigenvalue weighted by Gasteiger charge is 2.26. The van der Waals surface area contributed by atoms with Gasteiger partial charge in [-0.2, -0.15) is 0 Å². The van der Waals surface area contributed by atoms with Gasteiger partial charge in [0, 0.05) is 22.2 Å². The van der Waals surface area contributed by atoms with E-state index >= 15 is 0 Å². The average molecular weight is 235 g/mol. The molecule has 0 aliphatic rings. The molecule has 0 bridgehead atoms. The summed E-state index contributed by atoms with van der Waals surface area (Å²) in [5, 5.41) is 0. The first-order valence-corrected chi connectivity index (χ1v) is 6.23. The van der Waals surface area contributed by atoms with E-state index in [2.05, 4.69) is 45.7 Å². The van der Waals surface area contributed by atoms with Crippen LogP contribution in [0, 0.1) is 6.92 Å². The third-order valence-corrected chi connectivity index (χ3v) is 3.00. The Hall–Kier alpha value is -0.960. The second-order valence-corrected chi connectivity index (χ2v) is 6.39. The molecule has 1 rings (SSSR count). The van der Waals surface area contributed by atoms with Crippen molar-refractivity contribution in [1.29, 1.82) is 0 Å². The first-order valence-electron chi connectivity index (χ1n) is 6.23. The number of aromatic nitrogens is 2. The second kappa shape index (κ2) is 4.73. The van der Waals surface area contributed by atoms with Crippen molar-refractivity contribution in [3.05, 3.63) is 23.3 Å². The summed E-state index contributed by atoms with van der Waals surface area (Å²) in [6.45, 7) is 13.5. The number of nitrogens with two attached hydrogens (primary N) is 1. The highest BCUT2D eigenvalue weighted by molar-refractivity contribution is 5.20. The van der Waals surface area contributed by atoms with Crippen LogP contribution < -0.4 is 5.73 Å². The highest BCUT2D eigenvalue weighted by atomic mass is 14.9. The van der Waals surface area contributed by atoms with Gasteiger partial charge in [-0.25, -0.2) is 9.97 Å². The van der Waals surface area contributed by atoms with Crippen molar-refractivity contribution in [1.82, 2.24) is 9.97 Å². The van der Waals surface area contributed by atoms with Crippen molar-refractivity contribution in [3.8, 4) is 0 Å². The van der Waals surface area contributed by atoms with E-state index in [-0.39, 0.29) is 10.8 Å². The molecule has 0 aromatic carbocycles. The van der Waals surface area contributed by atoms with Crippen molar-refractivity contribution in [2.75, 3.05) is 6.54 Å². The van der Waals surface area contributed by atoms with Crippen LogP contribution in [0.1, 0.15) is 58.3 Å². The molecule has 0 aliphatic carbocycles. The molecule has 2 N–H and O–H groups in total. The summed E-state index contributed by atoms with van der Waals surface area (Å²) in [5.41, 5.74) is 7.79. The van der Waals surface area contributed by atoms with Gasteiger partial charge < -0.3 is 5.73 Å². The normalized spacial score (nSPS) is 12.9. The molecule has 0 atom stereocenters. The fourth-order valence-electron chi connectivity index (χ4n) is 1.73. The maximum absolute atomic E-state index is 5.66. The molecule has 3 nitrogen and oxygen atoms in total. The number of aryl methyl sites for hydroxylation is 1. The molecule has 3 heteroatoms. The third kappa shape index (κ3) is 3.50. The minimum absolute atomic E-state index is 0.0548. The monoisotopic (exact) mass is 235 g/mol. The summed E-state index contributed by atoms with van der Waals surface area (Å²) in [5.74, 6) is 0.910. The van der Waals surface area contributed by atoms with E-state index in [4.69, 9.17) is 10.7 Å². The van der Waals surface area contributed by atoms with Crippen molar-refractivity contribution in [3.63, 3.8) is 0 Å². The largest absolute Gasteiger partial charge is 0.330 e. The fraction of sp³-hybridized carbons (Fsp3) is 0.714. The van der Waals surface area contributed by atoms with Gasteiger partial charge in [-0.3, -0.25) is 0 Å². The summed E-state index contributed by atoms with van der Waals surface area (Å²) < 4.78 is 0. The van der Waals surface area contributed by atoms with E-state index in [1.807, 2.05) is 6.92 Å². The standard InChI is InChI=1S/C14H25N3/c1-10-9-11(13(2,3)4)17-12(16-10)14(5,6)7-8-15/h9H,7-8,15H2,1-6H3. The molecule has 0 saturated heterocycles. The van der Waals surface area contributed by atoms with Crippen molar-refractivity contribution < 1.29 is 0 Å². The zero-order chi connectivity index (χ0) is 13.3. The molecule has 1 aromatic rings. The lowest BCUT2D eigenvalue weighted by atomic mass is 9.86. The van der Waals surface area contributed by atoms with E-state index in [0.717, 1.165) is 23.6 Å². The molecular formula is C14H25N3. The lowest BCUT2D eigenvalue weighted by Crippen LogP contribution is -2.27. The minimum atomic E-state index is -0.0548. The number of hydrogen-bond donors (Lipinski definition) is 1. The first kappa shape index (κ1) is 14.1. The van der Waals surface area contributed by atoms with E-state index in [1.54, 1.807) is 0 Å². The van der Waals surface area contributed by atoms with Crippen LogP contribution in [0.2, 0.25) is 0 Å². The predicted molar refractivity (Wildman–Crippen MR) is 72.2 cm³/mol. The van der Waals surface area contributed by atoms with Crippen molar-refractivity contribution in [2.24, 2.45) is 5.73 Å². The third-order valence-electron chi connectivity index (χ3n) is 3.00. The molecule has 1 aromatic heterocycles. The van der Waals surface area contributed by atoms with Crippen LogP contribution in [0.15, 0.2) is 6.07 Å². The van der Waals surface area contributed by atoms with Gasteiger partial charge in [0.15, 0.2) is 0 Å². The molecule has 0 aliphatic heterocycles. The van der Waals surface area contributed by atoms with Gasteiger partial charge in [0.2, 0.25) is 0 Å². The maximum Gasteiger partial charge on any atom is 0.134 e. The smallest absolute Gasteiger partial charge is 0.134 e. The van der Waals surface area contributed by atoms with Crippen LogP contribution in [-0.2, 0) is 10.8 Å². The first-order chi connectivity index (χ1) is 7.66. The average Bonchev–Trinajstić information content (AvgIpc) is 2.15. The molecule has 17 heavy (non-hydrogen) atoms. The van der Waals surface area contributed by atoms with Gasteiger partial charge in [-0.05, 0) is 26.0 Å². The van der Waals surface area contributed by atoms with E-state index in [1.165, 1.54) is 0 Å². The van der Waals surface area contributed by atoms with E-state index < -0.39 is 0 Å². The molecule has 0 amide bonds. The molecular weight excluding hydrogens is 210 g/mol. The molecule has 0 spiro atoms. The lowest BCUT2D eigenvalue weighted by molar-refractivity contribution is 0.446. The van der Waals surface area contributed by atoms with Crippen LogP contribution >= 0.6 is 0 Å². The summed E-state index contributed by atoms with van der Waals surface area (Å²) in [7, 11) is 0. The molecule has 0 radical (unpaired) electrons. The molecule has 96 valence electrons. The Balaban J connectivity index is 3.23. The number of rotatable bonds is 3. The molecule has 0 fully saturated rings. The van der Waals surface area contributed by atoms with Crippen LogP contribution in [0.25, 0.3) is 0 Å². The minimum Gasteiger partial charge on any atom is -0.330 e. The summed E-state index contributed by atoms with van der Waals surface area (Å²) >= 11 is 0. The predicted octanol–water partition coefficient (Wildman–Crippen LogP) is 2.71. The Kier molecular flexibility index (Phi) is 3.92. The maximum atomic E-state index is 5.66. The van der Waals surface area contributed by atoms with Crippen LogP contribution in [0.5, 0.6) is 0 Å². The summed E-state index contributed by atoms with van der Waals surface area (Å²) in [6.07, 6.45) is 0.903. The summed E-state index contributed by atoms with van der Waals surface area (Å²) in [4.78, 5) is 9.30. The van der Waals surface area contributed by atoms with E-state index in [0.29, 0.717) is 6.54 Å². The van der Waals surface area contributed by atoms with E-state index in [9.17, 15) is 0 Å². The van der Waals surface area contributed by atoms with Gasteiger partial charge in [-0.1, -0.05) is 34.6 Å². The SMILES string of the molecule is Cc1cc(C(C)(C)C)nc(C(C)(C)CCN)n1. The zero-order valence-corrected chi connectivity index (χ0v) is 12.0. The Morgan fingerprint density at radius 2 is 1.71 bits per heavy atom. The lowest BCUT2D eigenvalue weighted by Gasteiger charge is -2.26. The molecule has 1 heterocycles. The Bertz CT molecular complexity index is 389. The Morgan fingerprint density at radius 3 is 2.18 bits per heavy atom. The molecule has 0 saturated carbocycles. The van der Waals surface area contributed by atoms with Crippen molar-refractivity contribution >= 4 is 0 Å². The Morgan fingerprint density at radius 1 is 1.12 bits per heavy atom. The summed E-state index contributed by atoms with van der Waals surface area (Å²) in [6, 6.07) is 2.07. The zero-order valence-electron chi connectivity index (χ0n) is 12.0. The van der Waals surface area contributed by atoms with Crippen LogP contribution in [0.4, 0.5) is 0 Å². The Labute approximate surface area is 105 Å². The fourth-order valence-corrected chi connectivity index (χ4v) is 1.73. The molecule has 0 unspecified atom stereocenters. The second-order valence-electron chi connectivity index (χ2n) is 6.39. The highest BCUT2D eigenvalue weighted by Crippen LogP contribution is 2.27. The van der Waals surface area contributed by atoms with Crippen LogP contribution in [0.3, 0.4) is 0 Å². The number of nitrogens with zero attached hydrogens (tertiary/aromatic N) is 2.